The van der Waals surface area contributed by atoms with Crippen molar-refractivity contribution in [2.24, 2.45) is 0 Å². The lowest BCUT2D eigenvalue weighted by molar-refractivity contribution is 0.540. The summed E-state index contributed by atoms with van der Waals surface area (Å²) in [6, 6.07) is 21.3. The Morgan fingerprint density at radius 3 is 2.24 bits per heavy atom. The van der Waals surface area contributed by atoms with Gasteiger partial charge in [0.25, 0.3) is 0 Å². The van der Waals surface area contributed by atoms with Gasteiger partial charge in [-0.2, -0.15) is 5.10 Å². The zero-order chi connectivity index (χ0) is 14.8. The van der Waals surface area contributed by atoms with Gasteiger partial charge in [-0.05, 0) is 32.4 Å². The molecule has 3 aromatic rings. The molecule has 2 nitrogen and oxygen atoms in total. The highest BCUT2D eigenvalue weighted by Gasteiger charge is 2.14. The fourth-order valence-corrected chi connectivity index (χ4v) is 2.60. The summed E-state index contributed by atoms with van der Waals surface area (Å²) >= 11 is 0. The fraction of sp³-hybridized carbons (Fsp3) is 0.211. The summed E-state index contributed by atoms with van der Waals surface area (Å²) in [6.07, 6.45) is 0. The Bertz CT molecular complexity index is 739. The number of hydrogen-bond acceptors (Lipinski definition) is 1. The minimum absolute atomic E-state index is 0.331. The summed E-state index contributed by atoms with van der Waals surface area (Å²) in [4.78, 5) is 0. The molecule has 2 aromatic carbocycles. The highest BCUT2D eigenvalue weighted by atomic mass is 15.3. The van der Waals surface area contributed by atoms with Gasteiger partial charge in [-0.1, -0.05) is 54.6 Å². The van der Waals surface area contributed by atoms with Gasteiger partial charge in [0.2, 0.25) is 0 Å². The zero-order valence-corrected chi connectivity index (χ0v) is 12.7. The van der Waals surface area contributed by atoms with Crippen molar-refractivity contribution in [2.45, 2.75) is 26.8 Å². The van der Waals surface area contributed by atoms with Gasteiger partial charge in [0.05, 0.1) is 11.4 Å². The molecule has 0 bridgehead atoms. The first-order valence-electron chi connectivity index (χ1n) is 7.38. The van der Waals surface area contributed by atoms with E-state index in [9.17, 15) is 0 Å². The lowest BCUT2D eigenvalue weighted by Crippen LogP contribution is -2.05. The molecule has 0 spiro atoms. The average Bonchev–Trinajstić information content (AvgIpc) is 2.94. The van der Waals surface area contributed by atoms with Crippen LogP contribution in [0.3, 0.4) is 0 Å². The molecule has 1 aromatic heterocycles. The Balaban J connectivity index is 2.17. The van der Waals surface area contributed by atoms with Gasteiger partial charge in [0, 0.05) is 17.2 Å². The van der Waals surface area contributed by atoms with Crippen LogP contribution in [0.5, 0.6) is 0 Å². The van der Waals surface area contributed by atoms with Crippen LogP contribution in [0.25, 0.3) is 22.5 Å². The van der Waals surface area contributed by atoms with E-state index in [2.05, 4.69) is 80.1 Å². The summed E-state index contributed by atoms with van der Waals surface area (Å²) in [7, 11) is 0. The minimum Gasteiger partial charge on any atom is -0.262 e. The van der Waals surface area contributed by atoms with Crippen molar-refractivity contribution >= 4 is 0 Å². The van der Waals surface area contributed by atoms with Crippen LogP contribution in [0.4, 0.5) is 0 Å². The maximum atomic E-state index is 4.81. The second-order valence-electron chi connectivity index (χ2n) is 5.63. The monoisotopic (exact) mass is 276 g/mol. The Kier molecular flexibility index (Phi) is 3.61. The SMILES string of the molecule is Cc1ccccc1-c1cc(-c2ccccc2)nn1C(C)C. The van der Waals surface area contributed by atoms with E-state index in [1.54, 1.807) is 0 Å². The third-order valence-electron chi connectivity index (χ3n) is 3.72. The highest BCUT2D eigenvalue weighted by molar-refractivity contribution is 5.70. The van der Waals surface area contributed by atoms with Gasteiger partial charge in [0.15, 0.2) is 0 Å². The molecule has 0 N–H and O–H groups in total. The van der Waals surface area contributed by atoms with E-state index in [0.717, 1.165) is 11.3 Å². The fourth-order valence-electron chi connectivity index (χ4n) is 2.60. The van der Waals surface area contributed by atoms with Gasteiger partial charge < -0.3 is 0 Å². The number of nitrogens with zero attached hydrogens (tertiary/aromatic N) is 2. The Morgan fingerprint density at radius 2 is 1.57 bits per heavy atom. The molecule has 0 fully saturated rings. The third-order valence-corrected chi connectivity index (χ3v) is 3.72. The van der Waals surface area contributed by atoms with E-state index in [-0.39, 0.29) is 0 Å². The molecule has 0 aliphatic rings. The van der Waals surface area contributed by atoms with Crippen molar-refractivity contribution in [3.05, 3.63) is 66.2 Å². The predicted molar refractivity (Wildman–Crippen MR) is 88.2 cm³/mol. The quantitative estimate of drug-likeness (QED) is 0.650. The molecule has 0 saturated heterocycles. The Labute approximate surface area is 126 Å². The smallest absolute Gasteiger partial charge is 0.0929 e. The van der Waals surface area contributed by atoms with E-state index in [0.29, 0.717) is 6.04 Å². The summed E-state index contributed by atoms with van der Waals surface area (Å²) in [5.41, 5.74) is 5.90. The molecule has 1 heterocycles. The van der Waals surface area contributed by atoms with Crippen LogP contribution in [-0.2, 0) is 0 Å². The first-order chi connectivity index (χ1) is 10.2. The minimum atomic E-state index is 0.331. The van der Waals surface area contributed by atoms with Crippen LogP contribution in [0, 0.1) is 6.92 Å². The Morgan fingerprint density at radius 1 is 0.905 bits per heavy atom. The van der Waals surface area contributed by atoms with E-state index in [1.807, 2.05) is 6.07 Å². The predicted octanol–water partition coefficient (Wildman–Crippen LogP) is 5.11. The standard InChI is InChI=1S/C19H20N2/c1-14(2)21-19(17-12-8-7-9-15(17)3)13-18(20-21)16-10-5-4-6-11-16/h4-14H,1-3H3. The molecule has 0 atom stereocenters. The number of rotatable bonds is 3. The largest absolute Gasteiger partial charge is 0.262 e. The number of hydrogen-bond donors (Lipinski definition) is 0. The average molecular weight is 276 g/mol. The normalized spacial score (nSPS) is 11.0. The van der Waals surface area contributed by atoms with Crippen LogP contribution in [0.1, 0.15) is 25.5 Å². The van der Waals surface area contributed by atoms with E-state index < -0.39 is 0 Å². The van der Waals surface area contributed by atoms with Crippen molar-refractivity contribution in [2.75, 3.05) is 0 Å². The molecule has 0 aliphatic heterocycles. The Hall–Kier alpha value is -2.35. The van der Waals surface area contributed by atoms with Crippen molar-refractivity contribution in [3.63, 3.8) is 0 Å². The number of aryl methyl sites for hydroxylation is 1. The summed E-state index contributed by atoms with van der Waals surface area (Å²) in [5, 5.41) is 4.81. The molecule has 0 unspecified atom stereocenters. The number of benzene rings is 2. The van der Waals surface area contributed by atoms with E-state index in [1.165, 1.54) is 16.8 Å². The summed E-state index contributed by atoms with van der Waals surface area (Å²) < 4.78 is 2.12. The number of aromatic nitrogens is 2. The van der Waals surface area contributed by atoms with E-state index >= 15 is 0 Å². The zero-order valence-electron chi connectivity index (χ0n) is 12.7. The topological polar surface area (TPSA) is 17.8 Å². The third kappa shape index (κ3) is 2.62. The molecule has 0 amide bonds. The van der Waals surface area contributed by atoms with Crippen molar-refractivity contribution in [1.29, 1.82) is 0 Å². The second kappa shape index (κ2) is 5.57. The van der Waals surface area contributed by atoms with Crippen LogP contribution < -0.4 is 0 Å². The molecule has 0 saturated carbocycles. The van der Waals surface area contributed by atoms with Crippen molar-refractivity contribution in [3.8, 4) is 22.5 Å². The van der Waals surface area contributed by atoms with Crippen LogP contribution in [-0.4, -0.2) is 9.78 Å². The molecular weight excluding hydrogens is 256 g/mol. The maximum Gasteiger partial charge on any atom is 0.0929 e. The summed E-state index contributed by atoms with van der Waals surface area (Å²) in [5.74, 6) is 0. The maximum absolute atomic E-state index is 4.81. The molecule has 3 rings (SSSR count). The van der Waals surface area contributed by atoms with E-state index in [4.69, 9.17) is 5.10 Å². The van der Waals surface area contributed by atoms with Crippen LogP contribution in [0.2, 0.25) is 0 Å². The molecule has 2 heteroatoms. The van der Waals surface area contributed by atoms with Gasteiger partial charge >= 0.3 is 0 Å². The molecule has 0 aliphatic carbocycles. The second-order valence-corrected chi connectivity index (χ2v) is 5.63. The van der Waals surface area contributed by atoms with Crippen molar-refractivity contribution in [1.82, 2.24) is 9.78 Å². The first-order valence-corrected chi connectivity index (χ1v) is 7.38. The molecule has 0 radical (unpaired) electrons. The van der Waals surface area contributed by atoms with Gasteiger partial charge in [0.1, 0.15) is 0 Å². The highest BCUT2D eigenvalue weighted by Crippen LogP contribution is 2.30. The van der Waals surface area contributed by atoms with Crippen LogP contribution >= 0.6 is 0 Å². The van der Waals surface area contributed by atoms with Crippen LogP contribution in [0.15, 0.2) is 60.7 Å². The molecule has 106 valence electrons. The van der Waals surface area contributed by atoms with Gasteiger partial charge in [-0.15, -0.1) is 0 Å². The van der Waals surface area contributed by atoms with Gasteiger partial charge in [-0.25, -0.2) is 0 Å². The van der Waals surface area contributed by atoms with Crippen molar-refractivity contribution < 1.29 is 0 Å². The molecular formula is C19H20N2. The lowest BCUT2D eigenvalue weighted by Gasteiger charge is -2.12. The summed E-state index contributed by atoms with van der Waals surface area (Å²) in [6.45, 7) is 6.49. The lowest BCUT2D eigenvalue weighted by atomic mass is 10.0. The first kappa shape index (κ1) is 13.6. The molecule has 21 heavy (non-hydrogen) atoms. The van der Waals surface area contributed by atoms with Gasteiger partial charge in [-0.3, -0.25) is 4.68 Å².